The quantitative estimate of drug-likeness (QED) is 0.674. The molecular formula is C14H25NO3S. The molecule has 1 saturated carbocycles. The normalized spacial score (nSPS) is 17.9. The lowest BCUT2D eigenvalue weighted by Crippen LogP contribution is -2.41. The van der Waals surface area contributed by atoms with Crippen LogP contribution >= 0.6 is 11.8 Å². The van der Waals surface area contributed by atoms with Gasteiger partial charge in [-0.2, -0.15) is 11.8 Å². The van der Waals surface area contributed by atoms with Crippen LogP contribution in [0.15, 0.2) is 0 Å². The molecule has 1 unspecified atom stereocenters. The monoisotopic (exact) mass is 287 g/mol. The van der Waals surface area contributed by atoms with Crippen LogP contribution in [-0.2, 0) is 9.59 Å². The van der Waals surface area contributed by atoms with Gasteiger partial charge in [0.25, 0.3) is 0 Å². The first kappa shape index (κ1) is 16.3. The first-order valence-electron chi connectivity index (χ1n) is 7.23. The van der Waals surface area contributed by atoms with Crippen molar-refractivity contribution in [2.75, 3.05) is 11.5 Å². The molecule has 110 valence electrons. The van der Waals surface area contributed by atoms with Gasteiger partial charge in [-0.1, -0.05) is 26.2 Å². The van der Waals surface area contributed by atoms with Crippen LogP contribution in [-0.4, -0.2) is 34.5 Å². The van der Waals surface area contributed by atoms with Crippen molar-refractivity contribution in [1.29, 1.82) is 0 Å². The number of hydrogen-bond donors (Lipinski definition) is 2. The number of carboxylic acid groups (broad SMARTS) is 1. The summed E-state index contributed by atoms with van der Waals surface area (Å²) in [5.41, 5.74) is 0. The molecule has 0 heterocycles. The standard InChI is InChI=1S/C14H25NO3S/c1-2-19-9-8-12(14(17)18)15-13(16)10-11-6-4-3-5-7-11/h11-12H,2-10H2,1H3,(H,15,16)(H,17,18). The lowest BCUT2D eigenvalue weighted by atomic mass is 9.87. The number of carbonyl (C=O) groups excluding carboxylic acids is 1. The van der Waals surface area contributed by atoms with E-state index in [-0.39, 0.29) is 5.91 Å². The molecule has 2 N–H and O–H groups in total. The summed E-state index contributed by atoms with van der Waals surface area (Å²) in [6, 6.07) is -0.727. The molecule has 0 aromatic heterocycles. The fourth-order valence-electron chi connectivity index (χ4n) is 2.51. The zero-order valence-electron chi connectivity index (χ0n) is 11.7. The van der Waals surface area contributed by atoms with E-state index < -0.39 is 12.0 Å². The summed E-state index contributed by atoms with van der Waals surface area (Å²) in [4.78, 5) is 23.0. The molecule has 1 aliphatic rings. The zero-order valence-corrected chi connectivity index (χ0v) is 12.5. The van der Waals surface area contributed by atoms with E-state index in [2.05, 4.69) is 5.32 Å². The van der Waals surface area contributed by atoms with Crippen LogP contribution in [0, 0.1) is 5.92 Å². The molecule has 5 heteroatoms. The molecule has 19 heavy (non-hydrogen) atoms. The minimum atomic E-state index is -0.923. The minimum Gasteiger partial charge on any atom is -0.480 e. The van der Waals surface area contributed by atoms with Gasteiger partial charge < -0.3 is 10.4 Å². The van der Waals surface area contributed by atoms with Crippen LogP contribution in [0.3, 0.4) is 0 Å². The minimum absolute atomic E-state index is 0.0965. The highest BCUT2D eigenvalue weighted by molar-refractivity contribution is 7.99. The van der Waals surface area contributed by atoms with Gasteiger partial charge in [0.15, 0.2) is 0 Å². The predicted molar refractivity (Wildman–Crippen MR) is 78.4 cm³/mol. The molecule has 0 radical (unpaired) electrons. The third-order valence-electron chi connectivity index (χ3n) is 3.59. The van der Waals surface area contributed by atoms with E-state index >= 15 is 0 Å². The largest absolute Gasteiger partial charge is 0.480 e. The topological polar surface area (TPSA) is 66.4 Å². The van der Waals surface area contributed by atoms with E-state index in [1.807, 2.05) is 6.92 Å². The van der Waals surface area contributed by atoms with Gasteiger partial charge >= 0.3 is 5.97 Å². The number of rotatable bonds is 8. The number of aliphatic carboxylic acids is 1. The maximum atomic E-state index is 11.9. The van der Waals surface area contributed by atoms with Crippen LogP contribution in [0.2, 0.25) is 0 Å². The first-order chi connectivity index (χ1) is 9.13. The van der Waals surface area contributed by atoms with Crippen LogP contribution in [0.1, 0.15) is 51.9 Å². The molecular weight excluding hydrogens is 262 g/mol. The summed E-state index contributed by atoms with van der Waals surface area (Å²) in [5.74, 6) is 1.18. The van der Waals surface area contributed by atoms with Gasteiger partial charge in [-0.15, -0.1) is 0 Å². The Labute approximate surface area is 119 Å². The fourth-order valence-corrected chi connectivity index (χ4v) is 3.20. The molecule has 1 fully saturated rings. The van der Waals surface area contributed by atoms with Crippen molar-refractivity contribution in [3.05, 3.63) is 0 Å². The summed E-state index contributed by atoms with van der Waals surface area (Å²) in [7, 11) is 0. The Morgan fingerprint density at radius 1 is 1.32 bits per heavy atom. The smallest absolute Gasteiger partial charge is 0.326 e. The molecule has 0 aliphatic heterocycles. The van der Waals surface area contributed by atoms with Gasteiger partial charge in [-0.25, -0.2) is 4.79 Å². The van der Waals surface area contributed by atoms with Gasteiger partial charge in [0.2, 0.25) is 5.91 Å². The van der Waals surface area contributed by atoms with Crippen LogP contribution in [0.5, 0.6) is 0 Å². The summed E-state index contributed by atoms with van der Waals surface area (Å²) >= 11 is 1.70. The average molecular weight is 287 g/mol. The second kappa shape index (κ2) is 9.23. The van der Waals surface area contributed by atoms with Crippen molar-refractivity contribution in [2.24, 2.45) is 5.92 Å². The van der Waals surface area contributed by atoms with Crippen LogP contribution in [0.25, 0.3) is 0 Å². The van der Waals surface area contributed by atoms with Gasteiger partial charge in [-0.3, -0.25) is 4.79 Å². The maximum Gasteiger partial charge on any atom is 0.326 e. The highest BCUT2D eigenvalue weighted by Crippen LogP contribution is 2.26. The van der Waals surface area contributed by atoms with Gasteiger partial charge in [0.1, 0.15) is 6.04 Å². The number of carbonyl (C=O) groups is 2. The van der Waals surface area contributed by atoms with E-state index in [4.69, 9.17) is 5.11 Å². The average Bonchev–Trinajstić information content (AvgIpc) is 2.38. The Morgan fingerprint density at radius 2 is 2.00 bits per heavy atom. The molecule has 0 aromatic carbocycles. The molecule has 1 aliphatic carbocycles. The molecule has 0 spiro atoms. The molecule has 0 bridgehead atoms. The Balaban J connectivity index is 2.31. The summed E-state index contributed by atoms with van der Waals surface area (Å²) in [6.45, 7) is 2.04. The lowest BCUT2D eigenvalue weighted by Gasteiger charge is -2.22. The van der Waals surface area contributed by atoms with E-state index in [1.54, 1.807) is 11.8 Å². The summed E-state index contributed by atoms with van der Waals surface area (Å²) < 4.78 is 0. The number of amides is 1. The van der Waals surface area contributed by atoms with Crippen molar-refractivity contribution < 1.29 is 14.7 Å². The first-order valence-corrected chi connectivity index (χ1v) is 8.38. The van der Waals surface area contributed by atoms with Crippen LogP contribution < -0.4 is 5.32 Å². The van der Waals surface area contributed by atoms with E-state index in [0.717, 1.165) is 24.3 Å². The summed E-state index contributed by atoms with van der Waals surface area (Å²) in [6.07, 6.45) is 6.88. The Kier molecular flexibility index (Phi) is 7.94. The SMILES string of the molecule is CCSCCC(NC(=O)CC1CCCCC1)C(=O)O. The maximum absolute atomic E-state index is 11.9. The second-order valence-corrected chi connectivity index (χ2v) is 6.55. The predicted octanol–water partition coefficient (Wildman–Crippen LogP) is 2.67. The van der Waals surface area contributed by atoms with Gasteiger partial charge in [0, 0.05) is 6.42 Å². The number of nitrogens with one attached hydrogen (secondary N) is 1. The molecule has 1 amide bonds. The Morgan fingerprint density at radius 3 is 2.58 bits per heavy atom. The van der Waals surface area contributed by atoms with Gasteiger partial charge in [-0.05, 0) is 36.7 Å². The van der Waals surface area contributed by atoms with Crippen molar-refractivity contribution in [3.8, 4) is 0 Å². The number of carboxylic acids is 1. The third kappa shape index (κ3) is 6.85. The fraction of sp³-hybridized carbons (Fsp3) is 0.857. The van der Waals surface area contributed by atoms with E-state index in [0.29, 0.717) is 18.8 Å². The number of thioether (sulfide) groups is 1. The molecule has 4 nitrogen and oxygen atoms in total. The highest BCUT2D eigenvalue weighted by Gasteiger charge is 2.22. The van der Waals surface area contributed by atoms with Crippen molar-refractivity contribution >= 4 is 23.6 Å². The number of hydrogen-bond acceptors (Lipinski definition) is 3. The highest BCUT2D eigenvalue weighted by atomic mass is 32.2. The Hall–Kier alpha value is -0.710. The third-order valence-corrected chi connectivity index (χ3v) is 4.52. The molecule has 0 aromatic rings. The molecule has 1 rings (SSSR count). The van der Waals surface area contributed by atoms with E-state index in [9.17, 15) is 9.59 Å². The van der Waals surface area contributed by atoms with Crippen molar-refractivity contribution in [1.82, 2.24) is 5.32 Å². The summed E-state index contributed by atoms with van der Waals surface area (Å²) in [5, 5.41) is 11.8. The molecule has 1 atom stereocenters. The van der Waals surface area contributed by atoms with Crippen molar-refractivity contribution in [3.63, 3.8) is 0 Å². The second-order valence-electron chi connectivity index (χ2n) is 5.15. The van der Waals surface area contributed by atoms with E-state index in [1.165, 1.54) is 19.3 Å². The molecule has 0 saturated heterocycles. The van der Waals surface area contributed by atoms with Crippen LogP contribution in [0.4, 0.5) is 0 Å². The van der Waals surface area contributed by atoms with Gasteiger partial charge in [0.05, 0.1) is 0 Å². The Bertz CT molecular complexity index is 290. The van der Waals surface area contributed by atoms with Crippen molar-refractivity contribution in [2.45, 2.75) is 57.9 Å². The zero-order chi connectivity index (χ0) is 14.1. The lowest BCUT2D eigenvalue weighted by molar-refractivity contribution is -0.142.